The molecule has 1 fully saturated rings. The number of para-hydroxylation sites is 2. The van der Waals surface area contributed by atoms with Gasteiger partial charge in [-0.1, -0.05) is 25.0 Å². The summed E-state index contributed by atoms with van der Waals surface area (Å²) in [5.74, 6) is 1.56. The van der Waals surface area contributed by atoms with Crippen LogP contribution in [0, 0.1) is 0 Å². The van der Waals surface area contributed by atoms with Crippen molar-refractivity contribution in [3.63, 3.8) is 0 Å². The van der Waals surface area contributed by atoms with Gasteiger partial charge < -0.3 is 20.1 Å². The molecule has 0 saturated heterocycles. The van der Waals surface area contributed by atoms with E-state index in [9.17, 15) is 4.79 Å². The third-order valence-electron chi connectivity index (χ3n) is 4.58. The smallest absolute Gasteiger partial charge is 0.242 e. The van der Waals surface area contributed by atoms with Gasteiger partial charge in [0.15, 0.2) is 17.6 Å². The molecule has 3 rings (SSSR count). The van der Waals surface area contributed by atoms with Gasteiger partial charge in [0.1, 0.15) is 6.61 Å². The van der Waals surface area contributed by atoms with E-state index in [4.69, 9.17) is 15.2 Å². The third kappa shape index (κ3) is 3.72. The Bertz CT molecular complexity index is 546. The summed E-state index contributed by atoms with van der Waals surface area (Å²) in [6, 6.07) is 7.62. The first-order valence-electron chi connectivity index (χ1n) is 8.09. The predicted octanol–water partition coefficient (Wildman–Crippen LogP) is 2.37. The van der Waals surface area contributed by atoms with Gasteiger partial charge in [0.25, 0.3) is 0 Å². The summed E-state index contributed by atoms with van der Waals surface area (Å²) in [6.07, 6.45) is 3.50. The summed E-state index contributed by atoms with van der Waals surface area (Å²) in [5.41, 5.74) is 5.62. The molecule has 6 heteroatoms. The molecular formula is C17H25ClN2O3. The fourth-order valence-corrected chi connectivity index (χ4v) is 3.29. The molecule has 0 bridgehead atoms. The van der Waals surface area contributed by atoms with Crippen molar-refractivity contribution in [2.75, 3.05) is 19.7 Å². The number of nitrogens with zero attached hydrogens (tertiary/aromatic N) is 1. The second-order valence-electron chi connectivity index (χ2n) is 6.20. The Labute approximate surface area is 143 Å². The van der Waals surface area contributed by atoms with Crippen molar-refractivity contribution >= 4 is 18.3 Å². The molecule has 1 aliphatic carbocycles. The summed E-state index contributed by atoms with van der Waals surface area (Å²) in [4.78, 5) is 14.5. The van der Waals surface area contributed by atoms with Crippen LogP contribution < -0.4 is 15.2 Å². The Balaban J connectivity index is 0.00000192. The van der Waals surface area contributed by atoms with E-state index in [1.165, 1.54) is 0 Å². The lowest BCUT2D eigenvalue weighted by molar-refractivity contribution is -0.138. The number of hydrogen-bond donors (Lipinski definition) is 1. The van der Waals surface area contributed by atoms with Crippen molar-refractivity contribution in [1.29, 1.82) is 0 Å². The maximum Gasteiger partial charge on any atom is 0.242 e. The number of hydrogen-bond acceptors (Lipinski definition) is 4. The second-order valence-corrected chi connectivity index (χ2v) is 6.20. The van der Waals surface area contributed by atoms with Crippen molar-refractivity contribution in [2.24, 2.45) is 5.73 Å². The van der Waals surface area contributed by atoms with E-state index in [-0.39, 0.29) is 24.4 Å². The van der Waals surface area contributed by atoms with E-state index < -0.39 is 5.54 Å². The van der Waals surface area contributed by atoms with Crippen LogP contribution in [0.3, 0.4) is 0 Å². The van der Waals surface area contributed by atoms with Crippen LogP contribution in [0.1, 0.15) is 32.6 Å². The van der Waals surface area contributed by atoms with Gasteiger partial charge in [0.2, 0.25) is 5.91 Å². The van der Waals surface area contributed by atoms with Crippen LogP contribution in [-0.4, -0.2) is 42.1 Å². The number of carbonyl (C=O) groups excluding carboxylic acids is 1. The average molecular weight is 341 g/mol. The summed E-state index contributed by atoms with van der Waals surface area (Å²) in [6.45, 7) is 3.59. The number of carbonyl (C=O) groups is 1. The van der Waals surface area contributed by atoms with E-state index in [1.54, 1.807) is 0 Å². The highest BCUT2D eigenvalue weighted by atomic mass is 35.5. The van der Waals surface area contributed by atoms with E-state index in [2.05, 4.69) is 0 Å². The zero-order chi connectivity index (χ0) is 15.6. The molecule has 0 spiro atoms. The van der Waals surface area contributed by atoms with Gasteiger partial charge in [-0.15, -0.1) is 12.4 Å². The molecule has 0 aromatic heterocycles. The highest BCUT2D eigenvalue weighted by molar-refractivity contribution is 5.86. The van der Waals surface area contributed by atoms with Crippen molar-refractivity contribution < 1.29 is 14.3 Å². The molecule has 2 N–H and O–H groups in total. The average Bonchev–Trinajstić information content (AvgIpc) is 3.00. The van der Waals surface area contributed by atoms with Crippen LogP contribution in [0.2, 0.25) is 0 Å². The zero-order valence-corrected chi connectivity index (χ0v) is 14.3. The molecule has 1 aromatic rings. The zero-order valence-electron chi connectivity index (χ0n) is 13.5. The predicted molar refractivity (Wildman–Crippen MR) is 91.2 cm³/mol. The Hall–Kier alpha value is -1.46. The van der Waals surface area contributed by atoms with Gasteiger partial charge in [-0.05, 0) is 31.9 Å². The molecule has 2 aliphatic rings. The first-order valence-corrected chi connectivity index (χ1v) is 8.09. The van der Waals surface area contributed by atoms with E-state index in [0.717, 1.165) is 37.2 Å². The first-order chi connectivity index (χ1) is 10.6. The normalized spacial score (nSPS) is 21.4. The first kappa shape index (κ1) is 17.9. The van der Waals surface area contributed by atoms with Gasteiger partial charge >= 0.3 is 0 Å². The molecule has 1 saturated carbocycles. The van der Waals surface area contributed by atoms with Crippen LogP contribution in [0.4, 0.5) is 0 Å². The molecule has 128 valence electrons. The number of fused-ring (bicyclic) bond motifs is 1. The molecule has 1 amide bonds. The SMILES string of the molecule is CCN(CC1COc2ccccc2O1)C(=O)C1(N)CCCC1.Cl. The second kappa shape index (κ2) is 7.41. The maximum atomic E-state index is 12.7. The minimum Gasteiger partial charge on any atom is -0.486 e. The molecule has 1 heterocycles. The quantitative estimate of drug-likeness (QED) is 0.914. The molecule has 23 heavy (non-hydrogen) atoms. The molecule has 5 nitrogen and oxygen atoms in total. The van der Waals surface area contributed by atoms with Crippen molar-refractivity contribution in [1.82, 2.24) is 4.90 Å². The molecule has 1 aromatic carbocycles. The molecule has 1 unspecified atom stereocenters. The Morgan fingerprint density at radius 1 is 1.30 bits per heavy atom. The van der Waals surface area contributed by atoms with E-state index >= 15 is 0 Å². The van der Waals surface area contributed by atoms with Gasteiger partial charge in [-0.25, -0.2) is 0 Å². The van der Waals surface area contributed by atoms with Crippen LogP contribution >= 0.6 is 12.4 Å². The minimum atomic E-state index is -0.677. The summed E-state index contributed by atoms with van der Waals surface area (Å²) < 4.78 is 11.7. The Kier molecular flexibility index (Phi) is 5.76. The summed E-state index contributed by atoms with van der Waals surface area (Å²) in [5, 5.41) is 0. The van der Waals surface area contributed by atoms with E-state index in [0.29, 0.717) is 19.7 Å². The molecular weight excluding hydrogens is 316 g/mol. The largest absolute Gasteiger partial charge is 0.486 e. The fourth-order valence-electron chi connectivity index (χ4n) is 3.29. The minimum absolute atomic E-state index is 0. The maximum absolute atomic E-state index is 12.7. The van der Waals surface area contributed by atoms with Gasteiger partial charge in [0, 0.05) is 6.54 Å². The molecule has 1 aliphatic heterocycles. The molecule has 0 radical (unpaired) electrons. The number of likely N-dealkylation sites (N-methyl/N-ethyl adjacent to an activating group) is 1. The number of amides is 1. The number of halogens is 1. The number of ether oxygens (including phenoxy) is 2. The standard InChI is InChI=1S/C17H24N2O3.ClH/c1-2-19(16(20)17(18)9-5-6-10-17)11-13-12-21-14-7-3-4-8-15(14)22-13;/h3-4,7-8,13H,2,5-6,9-12,18H2,1H3;1H. The number of nitrogens with two attached hydrogens (primary N) is 1. The van der Waals surface area contributed by atoms with Crippen molar-refractivity contribution in [3.05, 3.63) is 24.3 Å². The lowest BCUT2D eigenvalue weighted by Crippen LogP contribution is -2.56. The van der Waals surface area contributed by atoms with Crippen LogP contribution in [-0.2, 0) is 4.79 Å². The highest BCUT2D eigenvalue weighted by Crippen LogP contribution is 2.32. The van der Waals surface area contributed by atoms with Crippen LogP contribution in [0.15, 0.2) is 24.3 Å². The number of benzene rings is 1. The number of rotatable bonds is 4. The monoisotopic (exact) mass is 340 g/mol. The lowest BCUT2D eigenvalue weighted by atomic mass is 9.97. The summed E-state index contributed by atoms with van der Waals surface area (Å²) in [7, 11) is 0. The van der Waals surface area contributed by atoms with Crippen molar-refractivity contribution in [3.8, 4) is 11.5 Å². The van der Waals surface area contributed by atoms with Crippen LogP contribution in [0.5, 0.6) is 11.5 Å². The third-order valence-corrected chi connectivity index (χ3v) is 4.58. The van der Waals surface area contributed by atoms with Gasteiger partial charge in [0.05, 0.1) is 12.1 Å². The topological polar surface area (TPSA) is 64.8 Å². The van der Waals surface area contributed by atoms with Gasteiger partial charge in [-0.2, -0.15) is 0 Å². The molecule has 1 atom stereocenters. The lowest BCUT2D eigenvalue weighted by Gasteiger charge is -2.34. The van der Waals surface area contributed by atoms with E-state index in [1.807, 2.05) is 36.1 Å². The summed E-state index contributed by atoms with van der Waals surface area (Å²) >= 11 is 0. The van der Waals surface area contributed by atoms with Crippen LogP contribution in [0.25, 0.3) is 0 Å². The fraction of sp³-hybridized carbons (Fsp3) is 0.588. The van der Waals surface area contributed by atoms with Crippen molar-refractivity contribution in [2.45, 2.75) is 44.2 Å². The Morgan fingerprint density at radius 2 is 1.96 bits per heavy atom. The van der Waals surface area contributed by atoms with Gasteiger partial charge in [-0.3, -0.25) is 4.79 Å². The Morgan fingerprint density at radius 3 is 2.61 bits per heavy atom. The highest BCUT2D eigenvalue weighted by Gasteiger charge is 2.40.